The summed E-state index contributed by atoms with van der Waals surface area (Å²) in [5.41, 5.74) is 6.70. The minimum atomic E-state index is 0.0343. The number of rotatable bonds is 0. The lowest BCUT2D eigenvalue weighted by Crippen LogP contribution is -1.95. The highest BCUT2D eigenvalue weighted by Gasteiger charge is 2.25. The molecule has 0 saturated heterocycles. The van der Waals surface area contributed by atoms with Crippen molar-refractivity contribution in [2.75, 3.05) is 0 Å². The van der Waals surface area contributed by atoms with Gasteiger partial charge < -0.3 is 0 Å². The molecule has 1 heterocycles. The van der Waals surface area contributed by atoms with Gasteiger partial charge >= 0.3 is 0 Å². The molecule has 1 aromatic heterocycles. The third-order valence-electron chi connectivity index (χ3n) is 3.67. The zero-order valence-corrected chi connectivity index (χ0v) is 10.7. The Kier molecular flexibility index (Phi) is 2.30. The van der Waals surface area contributed by atoms with Crippen LogP contribution in [-0.2, 0) is 4.79 Å². The van der Waals surface area contributed by atoms with Crippen LogP contribution in [0.4, 0.5) is 0 Å². The molecule has 0 unspecified atom stereocenters. The fraction of sp³-hybridized carbons (Fsp3) is 0. The molecule has 4 rings (SSSR count). The monoisotopic (exact) mass is 257 g/mol. The van der Waals surface area contributed by atoms with Gasteiger partial charge in [0.1, 0.15) is 0 Å². The molecule has 0 saturated carbocycles. The standard InChI is InChI=1S/C18H11NO/c20-13-9-7-12(8-10-13)17-14-4-1-2-5-15(14)18-16(17)6-3-11-19-18/h1-11H. The summed E-state index contributed by atoms with van der Waals surface area (Å²) < 4.78 is 0. The van der Waals surface area contributed by atoms with E-state index < -0.39 is 0 Å². The van der Waals surface area contributed by atoms with E-state index in [4.69, 9.17) is 0 Å². The highest BCUT2D eigenvalue weighted by Crippen LogP contribution is 2.44. The minimum Gasteiger partial charge on any atom is -0.290 e. The molecular formula is C18H11NO. The molecule has 20 heavy (non-hydrogen) atoms. The van der Waals surface area contributed by atoms with Crippen LogP contribution in [0.1, 0.15) is 11.1 Å². The number of carbonyl (C=O) groups is 1. The normalized spacial score (nSPS) is 15.5. The van der Waals surface area contributed by atoms with Crippen molar-refractivity contribution in [3.63, 3.8) is 0 Å². The lowest BCUT2D eigenvalue weighted by Gasteiger charge is -2.08. The Morgan fingerprint density at radius 2 is 1.45 bits per heavy atom. The van der Waals surface area contributed by atoms with Crippen LogP contribution in [-0.4, -0.2) is 10.8 Å². The Bertz CT molecular complexity index is 759. The minimum absolute atomic E-state index is 0.0343. The molecule has 0 fully saturated rings. The molecule has 2 heteroatoms. The van der Waals surface area contributed by atoms with E-state index >= 15 is 0 Å². The number of allylic oxidation sites excluding steroid dienone is 5. The maximum absolute atomic E-state index is 11.3. The van der Waals surface area contributed by atoms with E-state index in [9.17, 15) is 4.79 Å². The van der Waals surface area contributed by atoms with Gasteiger partial charge in [-0.2, -0.15) is 0 Å². The molecule has 0 radical (unpaired) electrons. The van der Waals surface area contributed by atoms with Gasteiger partial charge in [-0.1, -0.05) is 42.5 Å². The zero-order chi connectivity index (χ0) is 13.5. The van der Waals surface area contributed by atoms with Crippen molar-refractivity contribution in [1.29, 1.82) is 0 Å². The van der Waals surface area contributed by atoms with Crippen molar-refractivity contribution < 1.29 is 4.79 Å². The molecule has 0 atom stereocenters. The lowest BCUT2D eigenvalue weighted by atomic mass is 9.95. The first kappa shape index (κ1) is 11.1. The predicted molar refractivity (Wildman–Crippen MR) is 79.0 cm³/mol. The van der Waals surface area contributed by atoms with E-state index in [0.717, 1.165) is 28.0 Å². The fourth-order valence-corrected chi connectivity index (χ4v) is 2.81. The third kappa shape index (κ3) is 1.51. The van der Waals surface area contributed by atoms with Gasteiger partial charge in [-0.3, -0.25) is 9.78 Å². The second-order valence-electron chi connectivity index (χ2n) is 4.84. The van der Waals surface area contributed by atoms with Gasteiger partial charge in [0.25, 0.3) is 0 Å². The van der Waals surface area contributed by atoms with E-state index in [0.29, 0.717) is 0 Å². The average molecular weight is 257 g/mol. The molecule has 0 aliphatic heterocycles. The van der Waals surface area contributed by atoms with Crippen molar-refractivity contribution in [3.8, 4) is 11.3 Å². The maximum Gasteiger partial charge on any atom is 0.178 e. The van der Waals surface area contributed by atoms with Crippen LogP contribution < -0.4 is 0 Å². The summed E-state index contributed by atoms with van der Waals surface area (Å²) in [6.07, 6.45) is 8.81. The topological polar surface area (TPSA) is 30.0 Å². The molecule has 0 N–H and O–H groups in total. The Balaban J connectivity index is 2.06. The van der Waals surface area contributed by atoms with Crippen LogP contribution in [0, 0.1) is 0 Å². The summed E-state index contributed by atoms with van der Waals surface area (Å²) in [5, 5.41) is 0. The van der Waals surface area contributed by atoms with E-state index in [1.54, 1.807) is 12.2 Å². The molecule has 2 aliphatic rings. The predicted octanol–water partition coefficient (Wildman–Crippen LogP) is 3.56. The zero-order valence-electron chi connectivity index (χ0n) is 10.7. The summed E-state index contributed by atoms with van der Waals surface area (Å²) in [6.45, 7) is 0. The van der Waals surface area contributed by atoms with Crippen LogP contribution in [0.2, 0.25) is 0 Å². The number of nitrogens with zero attached hydrogens (tertiary/aromatic N) is 1. The number of hydrogen-bond donors (Lipinski definition) is 0. The molecule has 94 valence electrons. The van der Waals surface area contributed by atoms with Gasteiger partial charge in [-0.15, -0.1) is 0 Å². The average Bonchev–Trinajstić information content (AvgIpc) is 2.83. The van der Waals surface area contributed by atoms with Crippen LogP contribution >= 0.6 is 0 Å². The lowest BCUT2D eigenvalue weighted by molar-refractivity contribution is -0.110. The van der Waals surface area contributed by atoms with Gasteiger partial charge in [-0.05, 0) is 34.9 Å². The van der Waals surface area contributed by atoms with Gasteiger partial charge in [-0.25, -0.2) is 0 Å². The van der Waals surface area contributed by atoms with Crippen molar-refractivity contribution >= 4 is 11.4 Å². The van der Waals surface area contributed by atoms with E-state index in [1.165, 1.54) is 5.56 Å². The second-order valence-corrected chi connectivity index (χ2v) is 4.84. The summed E-state index contributed by atoms with van der Waals surface area (Å²) in [7, 11) is 0. The van der Waals surface area contributed by atoms with Crippen LogP contribution in [0.25, 0.3) is 16.8 Å². The molecule has 1 aromatic carbocycles. The largest absolute Gasteiger partial charge is 0.290 e. The Hall–Kier alpha value is -2.74. The van der Waals surface area contributed by atoms with Gasteiger partial charge in [0.15, 0.2) is 5.78 Å². The van der Waals surface area contributed by atoms with E-state index in [2.05, 4.69) is 23.2 Å². The van der Waals surface area contributed by atoms with Gasteiger partial charge in [0.2, 0.25) is 0 Å². The van der Waals surface area contributed by atoms with Crippen molar-refractivity contribution in [3.05, 3.63) is 83.6 Å². The van der Waals surface area contributed by atoms with Crippen molar-refractivity contribution in [2.24, 2.45) is 0 Å². The summed E-state index contributed by atoms with van der Waals surface area (Å²) in [6, 6.07) is 12.3. The van der Waals surface area contributed by atoms with Crippen molar-refractivity contribution in [1.82, 2.24) is 4.98 Å². The second kappa shape index (κ2) is 4.14. The number of pyridine rings is 1. The number of hydrogen-bond acceptors (Lipinski definition) is 2. The molecule has 0 spiro atoms. The Morgan fingerprint density at radius 1 is 0.750 bits per heavy atom. The number of carbonyl (C=O) groups excluding carboxylic acids is 1. The first-order valence-electron chi connectivity index (χ1n) is 6.54. The smallest absolute Gasteiger partial charge is 0.178 e. The van der Waals surface area contributed by atoms with Crippen LogP contribution in [0.3, 0.4) is 0 Å². The van der Waals surface area contributed by atoms with Crippen LogP contribution in [0.5, 0.6) is 0 Å². The fourth-order valence-electron chi connectivity index (χ4n) is 2.81. The molecular weight excluding hydrogens is 246 g/mol. The summed E-state index contributed by atoms with van der Waals surface area (Å²) >= 11 is 0. The van der Waals surface area contributed by atoms with Gasteiger partial charge in [0, 0.05) is 17.3 Å². The molecule has 2 aromatic rings. The summed E-state index contributed by atoms with van der Waals surface area (Å²) in [5.74, 6) is 0.0343. The first-order valence-corrected chi connectivity index (χ1v) is 6.54. The molecule has 2 nitrogen and oxygen atoms in total. The Morgan fingerprint density at radius 3 is 2.25 bits per heavy atom. The highest BCUT2D eigenvalue weighted by molar-refractivity contribution is 6.06. The third-order valence-corrected chi connectivity index (χ3v) is 3.67. The highest BCUT2D eigenvalue weighted by atomic mass is 16.1. The quantitative estimate of drug-likeness (QED) is 0.616. The molecule has 0 bridgehead atoms. The van der Waals surface area contributed by atoms with E-state index in [1.807, 2.05) is 36.5 Å². The number of aromatic nitrogens is 1. The Labute approximate surface area is 116 Å². The molecule has 2 aliphatic carbocycles. The summed E-state index contributed by atoms with van der Waals surface area (Å²) in [4.78, 5) is 15.8. The first-order chi connectivity index (χ1) is 9.84. The molecule has 0 amide bonds. The van der Waals surface area contributed by atoms with Gasteiger partial charge in [0.05, 0.1) is 5.69 Å². The van der Waals surface area contributed by atoms with E-state index in [-0.39, 0.29) is 5.78 Å². The van der Waals surface area contributed by atoms with Crippen molar-refractivity contribution in [2.45, 2.75) is 0 Å². The number of fused-ring (bicyclic) bond motifs is 3. The number of ketones is 1. The number of benzene rings is 1. The SMILES string of the molecule is O=C1C=CC(=C2c3ccccc3-c3ncccc32)C=C1. The van der Waals surface area contributed by atoms with Crippen LogP contribution in [0.15, 0.2) is 72.5 Å². The maximum atomic E-state index is 11.3.